The van der Waals surface area contributed by atoms with Gasteiger partial charge in [0.1, 0.15) is 11.8 Å². The molecule has 0 aliphatic rings. The summed E-state index contributed by atoms with van der Waals surface area (Å²) in [5.74, 6) is -0.334. The van der Waals surface area contributed by atoms with Crippen molar-refractivity contribution in [3.63, 3.8) is 0 Å². The third-order valence-corrected chi connectivity index (χ3v) is 3.51. The molecule has 3 N–H and O–H groups in total. The van der Waals surface area contributed by atoms with E-state index in [1.807, 2.05) is 6.07 Å². The molecule has 0 saturated heterocycles. The number of ether oxygens (including phenoxy) is 1. The van der Waals surface area contributed by atoms with E-state index in [-0.39, 0.29) is 24.7 Å². The van der Waals surface area contributed by atoms with Crippen LogP contribution in [-0.2, 0) is 11.3 Å². The summed E-state index contributed by atoms with van der Waals surface area (Å²) in [4.78, 5) is 12.2. The second kappa shape index (κ2) is 9.45. The van der Waals surface area contributed by atoms with Gasteiger partial charge in [-0.3, -0.25) is 4.79 Å². The van der Waals surface area contributed by atoms with Crippen molar-refractivity contribution in [3.8, 4) is 5.75 Å². The van der Waals surface area contributed by atoms with E-state index in [2.05, 4.69) is 5.32 Å². The van der Waals surface area contributed by atoms with Crippen LogP contribution in [0.4, 0.5) is 13.2 Å². The number of nitrogens with one attached hydrogen (secondary N) is 1. The van der Waals surface area contributed by atoms with Crippen molar-refractivity contribution < 1.29 is 22.7 Å². The van der Waals surface area contributed by atoms with Gasteiger partial charge in [-0.2, -0.15) is 13.2 Å². The molecule has 142 valence electrons. The Morgan fingerprint density at radius 2 is 1.85 bits per heavy atom. The molecule has 8 heteroatoms. The zero-order chi connectivity index (χ0) is 18.4. The van der Waals surface area contributed by atoms with Gasteiger partial charge in [0.2, 0.25) is 5.91 Å². The molecule has 0 aliphatic heterocycles. The van der Waals surface area contributed by atoms with E-state index in [1.165, 1.54) is 6.07 Å². The number of aryl methyl sites for hydroxylation is 1. The van der Waals surface area contributed by atoms with Gasteiger partial charge in [-0.25, -0.2) is 0 Å². The number of benzene rings is 2. The van der Waals surface area contributed by atoms with E-state index >= 15 is 0 Å². The zero-order valence-corrected chi connectivity index (χ0v) is 14.9. The highest BCUT2D eigenvalue weighted by atomic mass is 35.5. The number of alkyl halides is 3. The average molecular weight is 389 g/mol. The van der Waals surface area contributed by atoms with Crippen molar-refractivity contribution in [1.29, 1.82) is 0 Å². The summed E-state index contributed by atoms with van der Waals surface area (Å²) in [5, 5.41) is 2.63. The van der Waals surface area contributed by atoms with Crippen LogP contribution >= 0.6 is 12.4 Å². The molecule has 2 aromatic carbocycles. The van der Waals surface area contributed by atoms with Crippen LogP contribution < -0.4 is 15.8 Å². The Morgan fingerprint density at radius 3 is 2.46 bits per heavy atom. The summed E-state index contributed by atoms with van der Waals surface area (Å²) >= 11 is 0. The fraction of sp³-hybridized carbons (Fsp3) is 0.278. The Hall–Kier alpha value is -2.25. The molecular formula is C18H20ClF3N2O2. The summed E-state index contributed by atoms with van der Waals surface area (Å²) in [6.07, 6.45) is -4.43. The largest absolute Gasteiger partial charge is 0.484 e. The van der Waals surface area contributed by atoms with Crippen molar-refractivity contribution in [3.05, 3.63) is 65.2 Å². The lowest BCUT2D eigenvalue weighted by atomic mass is 10.1. The summed E-state index contributed by atoms with van der Waals surface area (Å²) in [5.41, 5.74) is 7.74. The summed E-state index contributed by atoms with van der Waals surface area (Å²) in [6.45, 7) is 0.377. The van der Waals surface area contributed by atoms with Crippen molar-refractivity contribution in [2.45, 2.75) is 25.7 Å². The highest BCUT2D eigenvalue weighted by Gasteiger charge is 2.29. The van der Waals surface area contributed by atoms with Crippen LogP contribution in [-0.4, -0.2) is 18.7 Å². The molecule has 0 fully saturated rings. The molecule has 0 saturated carbocycles. The molecule has 0 aromatic heterocycles. The average Bonchev–Trinajstić information content (AvgIpc) is 2.58. The first kappa shape index (κ1) is 21.8. The number of amides is 1. The molecule has 26 heavy (non-hydrogen) atoms. The lowest BCUT2D eigenvalue weighted by Crippen LogP contribution is -2.33. The van der Waals surface area contributed by atoms with Gasteiger partial charge in [0.15, 0.2) is 6.61 Å². The van der Waals surface area contributed by atoms with Crippen LogP contribution in [0.5, 0.6) is 5.75 Å². The molecule has 0 spiro atoms. The van der Waals surface area contributed by atoms with E-state index in [4.69, 9.17) is 10.5 Å². The Labute approximate surface area is 155 Å². The van der Waals surface area contributed by atoms with Gasteiger partial charge < -0.3 is 15.8 Å². The lowest BCUT2D eigenvalue weighted by Gasteiger charge is -2.16. The third kappa shape index (κ3) is 6.57. The maximum atomic E-state index is 12.4. The molecule has 0 bridgehead atoms. The summed E-state index contributed by atoms with van der Waals surface area (Å²) in [6, 6.07) is 12.8. The molecule has 0 heterocycles. The summed E-state index contributed by atoms with van der Waals surface area (Å²) < 4.78 is 42.0. The predicted molar refractivity (Wildman–Crippen MR) is 95.2 cm³/mol. The quantitative estimate of drug-likeness (QED) is 0.793. The molecule has 0 radical (unpaired) electrons. The van der Waals surface area contributed by atoms with Crippen molar-refractivity contribution in [2.24, 2.45) is 5.73 Å². The second-order valence-electron chi connectivity index (χ2n) is 5.62. The van der Waals surface area contributed by atoms with Crippen LogP contribution in [0.25, 0.3) is 0 Å². The SMILES string of the molecule is Cc1ccc(CNC(=O)C(N)c2ccccc2)c(OCC(F)(F)F)c1.Cl. The summed E-state index contributed by atoms with van der Waals surface area (Å²) in [7, 11) is 0. The smallest absolute Gasteiger partial charge is 0.422 e. The molecule has 1 atom stereocenters. The number of rotatable bonds is 6. The molecule has 0 aliphatic carbocycles. The molecule has 2 aromatic rings. The van der Waals surface area contributed by atoms with Crippen molar-refractivity contribution in [2.75, 3.05) is 6.61 Å². The third-order valence-electron chi connectivity index (χ3n) is 3.51. The second-order valence-corrected chi connectivity index (χ2v) is 5.62. The number of hydrogen-bond donors (Lipinski definition) is 2. The van der Waals surface area contributed by atoms with E-state index < -0.39 is 24.7 Å². The monoisotopic (exact) mass is 388 g/mol. The standard InChI is InChI=1S/C18H19F3N2O2.ClH/c1-12-7-8-14(15(9-12)25-11-18(19,20)21)10-23-17(24)16(22)13-5-3-2-4-6-13;/h2-9,16H,10-11,22H2,1H3,(H,23,24);1H. The minimum absolute atomic E-state index is 0. The number of hydrogen-bond acceptors (Lipinski definition) is 3. The molecule has 1 unspecified atom stereocenters. The minimum Gasteiger partial charge on any atom is -0.484 e. The molecule has 4 nitrogen and oxygen atoms in total. The van der Waals surface area contributed by atoms with Crippen molar-refractivity contribution >= 4 is 18.3 Å². The number of halogens is 4. The van der Waals surface area contributed by atoms with E-state index in [0.29, 0.717) is 11.1 Å². The number of carbonyl (C=O) groups excluding carboxylic acids is 1. The van der Waals surface area contributed by atoms with Crippen molar-refractivity contribution in [1.82, 2.24) is 5.32 Å². The van der Waals surface area contributed by atoms with Gasteiger partial charge >= 0.3 is 6.18 Å². The fourth-order valence-corrected chi connectivity index (χ4v) is 2.21. The molecule has 2 rings (SSSR count). The van der Waals surface area contributed by atoms with E-state index in [0.717, 1.165) is 5.56 Å². The minimum atomic E-state index is -4.43. The first-order chi connectivity index (χ1) is 11.8. The van der Waals surface area contributed by atoms with Gasteiger partial charge in [-0.15, -0.1) is 12.4 Å². The topological polar surface area (TPSA) is 64.4 Å². The van der Waals surface area contributed by atoms with Crippen LogP contribution in [0.2, 0.25) is 0 Å². The Balaban J connectivity index is 0.00000338. The highest BCUT2D eigenvalue weighted by molar-refractivity contribution is 5.85. The number of carbonyl (C=O) groups is 1. The Morgan fingerprint density at radius 1 is 1.19 bits per heavy atom. The van der Waals surface area contributed by atoms with Gasteiger partial charge in [-0.05, 0) is 24.1 Å². The van der Waals surface area contributed by atoms with Gasteiger partial charge in [0, 0.05) is 12.1 Å². The first-order valence-electron chi connectivity index (χ1n) is 7.63. The van der Waals surface area contributed by atoms with Crippen LogP contribution in [0.15, 0.2) is 48.5 Å². The first-order valence-corrected chi connectivity index (χ1v) is 7.63. The van der Waals surface area contributed by atoms with E-state index in [9.17, 15) is 18.0 Å². The van der Waals surface area contributed by atoms with Crippen LogP contribution in [0, 0.1) is 6.92 Å². The molecule has 1 amide bonds. The maximum Gasteiger partial charge on any atom is 0.422 e. The van der Waals surface area contributed by atoms with E-state index in [1.54, 1.807) is 43.3 Å². The fourth-order valence-electron chi connectivity index (χ4n) is 2.21. The van der Waals surface area contributed by atoms with Gasteiger partial charge in [0.25, 0.3) is 0 Å². The molecular weight excluding hydrogens is 369 g/mol. The predicted octanol–water partition coefficient (Wildman–Crippen LogP) is 3.67. The number of nitrogens with two attached hydrogens (primary N) is 1. The van der Waals surface area contributed by atoms with Crippen LogP contribution in [0.3, 0.4) is 0 Å². The van der Waals surface area contributed by atoms with Gasteiger partial charge in [0.05, 0.1) is 0 Å². The van der Waals surface area contributed by atoms with Gasteiger partial charge in [-0.1, -0.05) is 42.5 Å². The Kier molecular flexibility index (Phi) is 7.92. The van der Waals surface area contributed by atoms with Crippen LogP contribution in [0.1, 0.15) is 22.7 Å². The normalized spacial score (nSPS) is 12.0. The lowest BCUT2D eigenvalue weighted by molar-refractivity contribution is -0.153. The zero-order valence-electron chi connectivity index (χ0n) is 14.0. The highest BCUT2D eigenvalue weighted by Crippen LogP contribution is 2.24. The maximum absolute atomic E-state index is 12.4. The Bertz CT molecular complexity index is 724.